The Bertz CT molecular complexity index is 461. The standard InChI is InChI=1S/C15H20FNO2/c1-2-3-11-4-5-17(9-11)10-12-6-13(15(18)19)8-14(16)7-12/h6-8,11H,2-5,9-10H2,1H3,(H,18,19). The van der Waals surface area contributed by atoms with Crippen LogP contribution < -0.4 is 0 Å². The van der Waals surface area contributed by atoms with Crippen LogP contribution in [0, 0.1) is 11.7 Å². The van der Waals surface area contributed by atoms with Gasteiger partial charge in [-0.05, 0) is 49.1 Å². The van der Waals surface area contributed by atoms with E-state index in [-0.39, 0.29) is 5.56 Å². The molecule has 1 aliphatic heterocycles. The zero-order chi connectivity index (χ0) is 13.8. The van der Waals surface area contributed by atoms with Gasteiger partial charge < -0.3 is 5.11 Å². The van der Waals surface area contributed by atoms with Crippen molar-refractivity contribution in [2.45, 2.75) is 32.7 Å². The molecule has 1 aromatic rings. The number of hydrogen-bond acceptors (Lipinski definition) is 2. The number of carboxylic acid groups (broad SMARTS) is 1. The highest BCUT2D eigenvalue weighted by molar-refractivity contribution is 5.87. The number of hydrogen-bond donors (Lipinski definition) is 1. The van der Waals surface area contributed by atoms with Gasteiger partial charge >= 0.3 is 5.97 Å². The first-order valence-electron chi connectivity index (χ1n) is 6.83. The average Bonchev–Trinajstić information content (AvgIpc) is 2.76. The number of carbonyl (C=O) groups is 1. The van der Waals surface area contributed by atoms with Gasteiger partial charge in [-0.3, -0.25) is 4.90 Å². The van der Waals surface area contributed by atoms with E-state index in [9.17, 15) is 9.18 Å². The highest BCUT2D eigenvalue weighted by Crippen LogP contribution is 2.23. The lowest BCUT2D eigenvalue weighted by atomic mass is 10.0. The van der Waals surface area contributed by atoms with Gasteiger partial charge in [0.2, 0.25) is 0 Å². The van der Waals surface area contributed by atoms with E-state index in [4.69, 9.17) is 5.11 Å². The molecule has 0 radical (unpaired) electrons. The summed E-state index contributed by atoms with van der Waals surface area (Å²) in [6, 6.07) is 4.06. The predicted octanol–water partition coefficient (Wildman–Crippen LogP) is 3.15. The van der Waals surface area contributed by atoms with Crippen LogP contribution in [0.25, 0.3) is 0 Å². The molecule has 4 heteroatoms. The lowest BCUT2D eigenvalue weighted by Crippen LogP contribution is -2.20. The van der Waals surface area contributed by atoms with Crippen LogP contribution in [0.5, 0.6) is 0 Å². The molecule has 0 amide bonds. The molecule has 1 saturated heterocycles. The Labute approximate surface area is 113 Å². The molecule has 0 bridgehead atoms. The van der Waals surface area contributed by atoms with Crippen LogP contribution in [-0.4, -0.2) is 29.1 Å². The normalized spacial score (nSPS) is 19.8. The summed E-state index contributed by atoms with van der Waals surface area (Å²) in [6.07, 6.45) is 3.62. The van der Waals surface area contributed by atoms with Gasteiger partial charge in [-0.15, -0.1) is 0 Å². The van der Waals surface area contributed by atoms with E-state index in [1.54, 1.807) is 6.07 Å². The van der Waals surface area contributed by atoms with Gasteiger partial charge in [-0.25, -0.2) is 9.18 Å². The summed E-state index contributed by atoms with van der Waals surface area (Å²) in [5.74, 6) is -0.817. The Kier molecular flexibility index (Phi) is 4.53. The van der Waals surface area contributed by atoms with Crippen molar-refractivity contribution in [1.29, 1.82) is 0 Å². The fraction of sp³-hybridized carbons (Fsp3) is 0.533. The van der Waals surface area contributed by atoms with Crippen LogP contribution >= 0.6 is 0 Å². The highest BCUT2D eigenvalue weighted by atomic mass is 19.1. The van der Waals surface area contributed by atoms with Crippen LogP contribution in [0.2, 0.25) is 0 Å². The fourth-order valence-electron chi connectivity index (χ4n) is 2.82. The van der Waals surface area contributed by atoms with Crippen molar-refractivity contribution in [1.82, 2.24) is 4.90 Å². The summed E-state index contributed by atoms with van der Waals surface area (Å²) in [4.78, 5) is 13.2. The van der Waals surface area contributed by atoms with Crippen molar-refractivity contribution in [3.63, 3.8) is 0 Å². The summed E-state index contributed by atoms with van der Waals surface area (Å²) in [5.41, 5.74) is 0.772. The zero-order valence-electron chi connectivity index (χ0n) is 11.2. The third-order valence-corrected chi connectivity index (χ3v) is 3.68. The molecule has 1 atom stereocenters. The van der Waals surface area contributed by atoms with E-state index in [2.05, 4.69) is 11.8 Å². The molecule has 19 heavy (non-hydrogen) atoms. The molecular weight excluding hydrogens is 245 g/mol. The Morgan fingerprint density at radius 1 is 1.47 bits per heavy atom. The van der Waals surface area contributed by atoms with Gasteiger partial charge in [0.05, 0.1) is 5.56 Å². The first-order valence-corrected chi connectivity index (χ1v) is 6.83. The van der Waals surface area contributed by atoms with Crippen molar-refractivity contribution in [3.05, 3.63) is 35.1 Å². The lowest BCUT2D eigenvalue weighted by Gasteiger charge is -2.16. The second-order valence-electron chi connectivity index (χ2n) is 5.33. The van der Waals surface area contributed by atoms with Crippen LogP contribution in [0.4, 0.5) is 4.39 Å². The minimum Gasteiger partial charge on any atom is -0.478 e. The van der Waals surface area contributed by atoms with E-state index in [0.717, 1.165) is 30.6 Å². The fourth-order valence-corrected chi connectivity index (χ4v) is 2.82. The second-order valence-corrected chi connectivity index (χ2v) is 5.33. The smallest absolute Gasteiger partial charge is 0.335 e. The number of halogens is 1. The first-order chi connectivity index (χ1) is 9.08. The first kappa shape index (κ1) is 14.0. The Morgan fingerprint density at radius 2 is 2.26 bits per heavy atom. The van der Waals surface area contributed by atoms with E-state index in [1.807, 2.05) is 0 Å². The zero-order valence-corrected chi connectivity index (χ0v) is 11.2. The minimum atomic E-state index is -1.08. The molecule has 0 aliphatic carbocycles. The largest absolute Gasteiger partial charge is 0.478 e. The number of aromatic carboxylic acids is 1. The summed E-state index contributed by atoms with van der Waals surface area (Å²) >= 11 is 0. The monoisotopic (exact) mass is 265 g/mol. The highest BCUT2D eigenvalue weighted by Gasteiger charge is 2.22. The van der Waals surface area contributed by atoms with E-state index in [1.165, 1.54) is 25.3 Å². The van der Waals surface area contributed by atoms with E-state index < -0.39 is 11.8 Å². The molecule has 1 heterocycles. The van der Waals surface area contributed by atoms with Crippen molar-refractivity contribution in [2.24, 2.45) is 5.92 Å². The van der Waals surface area contributed by atoms with Crippen molar-refractivity contribution < 1.29 is 14.3 Å². The van der Waals surface area contributed by atoms with Crippen molar-refractivity contribution in [3.8, 4) is 0 Å². The number of carboxylic acids is 1. The SMILES string of the molecule is CCCC1CCN(Cc2cc(F)cc(C(=O)O)c2)C1. The molecule has 0 saturated carbocycles. The Morgan fingerprint density at radius 3 is 2.95 bits per heavy atom. The summed E-state index contributed by atoms with van der Waals surface area (Å²) in [7, 11) is 0. The topological polar surface area (TPSA) is 40.5 Å². The molecule has 1 unspecified atom stereocenters. The van der Waals surface area contributed by atoms with Gasteiger partial charge in [-0.1, -0.05) is 13.3 Å². The van der Waals surface area contributed by atoms with Gasteiger partial charge in [0.1, 0.15) is 5.82 Å². The average molecular weight is 265 g/mol. The lowest BCUT2D eigenvalue weighted by molar-refractivity contribution is 0.0696. The summed E-state index contributed by atoms with van der Waals surface area (Å²) < 4.78 is 13.4. The molecule has 2 rings (SSSR count). The number of nitrogens with zero attached hydrogens (tertiary/aromatic N) is 1. The number of benzene rings is 1. The van der Waals surface area contributed by atoms with Gasteiger partial charge in [0, 0.05) is 13.1 Å². The van der Waals surface area contributed by atoms with Crippen molar-refractivity contribution in [2.75, 3.05) is 13.1 Å². The molecule has 0 spiro atoms. The third kappa shape index (κ3) is 3.77. The minimum absolute atomic E-state index is 0.0271. The maximum Gasteiger partial charge on any atom is 0.335 e. The molecule has 1 aromatic carbocycles. The van der Waals surface area contributed by atoms with Crippen LogP contribution in [0.15, 0.2) is 18.2 Å². The summed E-state index contributed by atoms with van der Waals surface area (Å²) in [5, 5.41) is 8.93. The molecule has 1 aliphatic rings. The maximum atomic E-state index is 13.4. The predicted molar refractivity (Wildman–Crippen MR) is 71.7 cm³/mol. The van der Waals surface area contributed by atoms with Crippen LogP contribution in [-0.2, 0) is 6.54 Å². The molecule has 1 N–H and O–H groups in total. The van der Waals surface area contributed by atoms with E-state index in [0.29, 0.717) is 6.54 Å². The number of likely N-dealkylation sites (tertiary alicyclic amines) is 1. The molecule has 3 nitrogen and oxygen atoms in total. The van der Waals surface area contributed by atoms with Gasteiger partial charge in [0.15, 0.2) is 0 Å². The molecule has 0 aromatic heterocycles. The van der Waals surface area contributed by atoms with Gasteiger partial charge in [-0.2, -0.15) is 0 Å². The van der Waals surface area contributed by atoms with Crippen LogP contribution in [0.1, 0.15) is 42.1 Å². The molecular formula is C15H20FNO2. The quantitative estimate of drug-likeness (QED) is 0.889. The Hall–Kier alpha value is -1.42. The third-order valence-electron chi connectivity index (χ3n) is 3.68. The number of rotatable bonds is 5. The Balaban J connectivity index is 2.01. The van der Waals surface area contributed by atoms with E-state index >= 15 is 0 Å². The molecule has 104 valence electrons. The van der Waals surface area contributed by atoms with Crippen LogP contribution in [0.3, 0.4) is 0 Å². The molecule has 1 fully saturated rings. The summed E-state index contributed by atoms with van der Waals surface area (Å²) in [6.45, 7) is 4.88. The second kappa shape index (κ2) is 6.15. The van der Waals surface area contributed by atoms with Gasteiger partial charge in [0.25, 0.3) is 0 Å². The van der Waals surface area contributed by atoms with Crippen molar-refractivity contribution >= 4 is 5.97 Å². The maximum absolute atomic E-state index is 13.4.